The average Bonchev–Trinajstić information content (AvgIpc) is 3.30. The number of carbonyl (C=O) groups excluding carboxylic acids is 3. The molecule has 0 aromatic heterocycles. The van der Waals surface area contributed by atoms with E-state index in [1.165, 1.54) is 19.1 Å². The second-order valence-corrected chi connectivity index (χ2v) is 10.2. The van der Waals surface area contributed by atoms with Crippen molar-refractivity contribution >= 4 is 35.5 Å². The van der Waals surface area contributed by atoms with Gasteiger partial charge < -0.3 is 14.6 Å². The highest BCUT2D eigenvalue weighted by Gasteiger charge is 2.72. The van der Waals surface area contributed by atoms with Gasteiger partial charge >= 0.3 is 18.1 Å². The Bertz CT molecular complexity index is 1080. The van der Waals surface area contributed by atoms with Crippen LogP contribution in [0.3, 0.4) is 0 Å². The third-order valence-corrected chi connectivity index (χ3v) is 8.03. The summed E-state index contributed by atoms with van der Waals surface area (Å²) in [4.78, 5) is 52.7. The lowest BCUT2D eigenvalue weighted by Gasteiger charge is -2.44. The molecule has 3 unspecified atom stereocenters. The minimum atomic E-state index is -5.08. The van der Waals surface area contributed by atoms with E-state index in [0.29, 0.717) is 13.0 Å². The van der Waals surface area contributed by atoms with Crippen LogP contribution in [0, 0.1) is 11.8 Å². The summed E-state index contributed by atoms with van der Waals surface area (Å²) in [5.74, 6) is -3.34. The van der Waals surface area contributed by atoms with Crippen molar-refractivity contribution in [2.24, 2.45) is 11.8 Å². The van der Waals surface area contributed by atoms with E-state index in [4.69, 9.17) is 19.4 Å². The summed E-state index contributed by atoms with van der Waals surface area (Å²) in [6.45, 7) is 2.72. The number of imide groups is 1. The number of piperidine rings is 1. The first-order valence-electron chi connectivity index (χ1n) is 11.6. The van der Waals surface area contributed by atoms with Crippen LogP contribution < -0.4 is 4.74 Å². The summed E-state index contributed by atoms with van der Waals surface area (Å²) in [6.07, 6.45) is -2.83. The van der Waals surface area contributed by atoms with E-state index >= 15 is 0 Å². The van der Waals surface area contributed by atoms with E-state index in [-0.39, 0.29) is 17.9 Å². The van der Waals surface area contributed by atoms with Crippen LogP contribution in [0.4, 0.5) is 13.2 Å². The van der Waals surface area contributed by atoms with Crippen molar-refractivity contribution in [2.45, 2.75) is 48.8 Å². The molecule has 13 heteroatoms. The van der Waals surface area contributed by atoms with Crippen molar-refractivity contribution in [3.05, 3.63) is 23.8 Å². The number of nitrogens with zero attached hydrogens (tertiary/aromatic N) is 2. The molecular formula is C24H29F3N2O7S. The van der Waals surface area contributed by atoms with Gasteiger partial charge in [0, 0.05) is 18.0 Å². The molecule has 3 saturated heterocycles. The van der Waals surface area contributed by atoms with E-state index in [2.05, 4.69) is 11.8 Å². The first-order chi connectivity index (χ1) is 17.4. The number of esters is 1. The third kappa shape index (κ3) is 4.90. The van der Waals surface area contributed by atoms with Crippen molar-refractivity contribution in [3.63, 3.8) is 0 Å². The molecule has 1 aromatic carbocycles. The van der Waals surface area contributed by atoms with Gasteiger partial charge in [-0.05, 0) is 49.3 Å². The lowest BCUT2D eigenvalue weighted by atomic mass is 9.75. The Morgan fingerprint density at radius 1 is 1.19 bits per heavy atom. The number of benzene rings is 1. The Labute approximate surface area is 216 Å². The number of fused-ring (bicyclic) bond motifs is 3. The predicted octanol–water partition coefficient (Wildman–Crippen LogP) is 3.12. The normalized spacial score (nSPS) is 27.2. The number of alkyl halides is 3. The van der Waals surface area contributed by atoms with Crippen molar-refractivity contribution < 1.29 is 46.9 Å². The molecule has 0 saturated carbocycles. The lowest BCUT2D eigenvalue weighted by Crippen LogP contribution is -2.59. The van der Waals surface area contributed by atoms with Crippen LogP contribution >= 0.6 is 11.8 Å². The number of aliphatic carboxylic acids is 1. The summed E-state index contributed by atoms with van der Waals surface area (Å²) in [5.41, 5.74) is -0.198. The second kappa shape index (κ2) is 10.9. The Balaban J connectivity index is 0.000000479. The number of carboxylic acid groups (broad SMARTS) is 1. The van der Waals surface area contributed by atoms with Gasteiger partial charge in [-0.3, -0.25) is 24.2 Å². The highest BCUT2D eigenvalue weighted by atomic mass is 32.2. The number of ether oxygens (including phenoxy) is 2. The summed E-state index contributed by atoms with van der Waals surface area (Å²) in [6, 6.07) is 5.59. The summed E-state index contributed by atoms with van der Waals surface area (Å²) in [5, 5.41) is 7.12. The first kappa shape index (κ1) is 28.8. The van der Waals surface area contributed by atoms with E-state index in [1.807, 2.05) is 18.2 Å². The number of thioether (sulfide) groups is 1. The Morgan fingerprint density at radius 2 is 1.84 bits per heavy atom. The van der Waals surface area contributed by atoms with Gasteiger partial charge in [-0.2, -0.15) is 13.2 Å². The maximum absolute atomic E-state index is 13.2. The molecule has 4 atom stereocenters. The zero-order valence-electron chi connectivity index (χ0n) is 20.8. The molecule has 1 aromatic rings. The molecule has 0 spiro atoms. The zero-order valence-corrected chi connectivity index (χ0v) is 21.6. The number of halogens is 3. The lowest BCUT2D eigenvalue weighted by molar-refractivity contribution is -0.192. The van der Waals surface area contributed by atoms with E-state index in [0.717, 1.165) is 34.8 Å². The smallest absolute Gasteiger partial charge is 0.490 e. The van der Waals surface area contributed by atoms with Crippen LogP contribution in [-0.4, -0.2) is 83.9 Å². The van der Waals surface area contributed by atoms with Gasteiger partial charge in [0.1, 0.15) is 11.3 Å². The molecule has 3 fully saturated rings. The fourth-order valence-corrected chi connectivity index (χ4v) is 6.40. The largest absolute Gasteiger partial charge is 0.496 e. The number of carbonyl (C=O) groups is 4. The van der Waals surface area contributed by atoms with E-state index in [1.54, 1.807) is 18.9 Å². The van der Waals surface area contributed by atoms with Gasteiger partial charge in [0.15, 0.2) is 0 Å². The monoisotopic (exact) mass is 546 g/mol. The SMILES string of the molecule is CCSc1ccc(C2C3C(=O)N(C)C(=O)C3[C@]3(C(=O)OC)CCCCN23)cc1OC.O=C(O)C(F)(F)F. The predicted molar refractivity (Wildman–Crippen MR) is 126 cm³/mol. The number of rotatable bonds is 5. The first-order valence-corrected chi connectivity index (χ1v) is 12.6. The average molecular weight is 547 g/mol. The second-order valence-electron chi connectivity index (χ2n) is 8.90. The van der Waals surface area contributed by atoms with Gasteiger partial charge in [-0.15, -0.1) is 11.8 Å². The molecule has 2 amide bonds. The number of hydrogen-bond donors (Lipinski definition) is 1. The maximum Gasteiger partial charge on any atom is 0.490 e. The quantitative estimate of drug-likeness (QED) is 0.338. The Morgan fingerprint density at radius 3 is 2.38 bits per heavy atom. The minimum Gasteiger partial charge on any atom is -0.496 e. The number of hydrogen-bond acceptors (Lipinski definition) is 8. The van der Waals surface area contributed by atoms with Crippen molar-refractivity contribution in [2.75, 3.05) is 33.6 Å². The van der Waals surface area contributed by atoms with Crippen LogP contribution in [-0.2, 0) is 23.9 Å². The fourth-order valence-electron chi connectivity index (χ4n) is 5.64. The molecule has 3 aliphatic rings. The van der Waals surface area contributed by atoms with Crippen molar-refractivity contribution in [1.29, 1.82) is 0 Å². The molecular weight excluding hydrogens is 517 g/mol. The summed E-state index contributed by atoms with van der Waals surface area (Å²) in [7, 11) is 4.50. The fraction of sp³-hybridized carbons (Fsp3) is 0.583. The van der Waals surface area contributed by atoms with Crippen molar-refractivity contribution in [1.82, 2.24) is 9.80 Å². The van der Waals surface area contributed by atoms with Crippen LogP contribution in [0.25, 0.3) is 0 Å². The zero-order chi connectivity index (χ0) is 27.7. The number of carboxylic acids is 1. The van der Waals surface area contributed by atoms with Crippen molar-refractivity contribution in [3.8, 4) is 5.75 Å². The molecule has 0 radical (unpaired) electrons. The Hall–Kier alpha value is -2.80. The third-order valence-electron chi connectivity index (χ3n) is 7.09. The molecule has 0 bridgehead atoms. The summed E-state index contributed by atoms with van der Waals surface area (Å²) >= 11 is 1.69. The van der Waals surface area contributed by atoms with Gasteiger partial charge in [-0.25, -0.2) is 4.79 Å². The standard InChI is InChI=1S/C22H28N2O5S.C2HF3O2/c1-5-30-15-9-8-13(12-14(15)28-3)18-16-17(20(26)23(2)19(16)25)22(21(27)29-4)10-6-7-11-24(18)22;3-2(4,5)1(6)7/h8-9,12,16-18H,5-7,10-11H2,1-4H3;(H,6,7)/t16?,17?,18?,22-;/m0./s1. The molecule has 4 rings (SSSR count). The van der Waals surface area contributed by atoms with Gasteiger partial charge in [0.05, 0.1) is 26.1 Å². The van der Waals surface area contributed by atoms with Crippen LogP contribution in [0.2, 0.25) is 0 Å². The highest BCUT2D eigenvalue weighted by Crippen LogP contribution is 2.58. The van der Waals surface area contributed by atoms with Gasteiger partial charge in [0.25, 0.3) is 0 Å². The molecule has 37 heavy (non-hydrogen) atoms. The van der Waals surface area contributed by atoms with Gasteiger partial charge in [0.2, 0.25) is 11.8 Å². The molecule has 3 aliphatic heterocycles. The number of likely N-dealkylation sites (tertiary alicyclic amines) is 1. The minimum absolute atomic E-state index is 0.223. The summed E-state index contributed by atoms with van der Waals surface area (Å²) < 4.78 is 42.6. The number of methoxy groups -OCH3 is 2. The van der Waals surface area contributed by atoms with E-state index < -0.39 is 35.5 Å². The van der Waals surface area contributed by atoms with E-state index in [9.17, 15) is 27.6 Å². The number of amides is 2. The molecule has 9 nitrogen and oxygen atoms in total. The molecule has 0 aliphatic carbocycles. The van der Waals surface area contributed by atoms with Gasteiger partial charge in [-0.1, -0.05) is 13.0 Å². The molecule has 3 heterocycles. The van der Waals surface area contributed by atoms with Crippen LogP contribution in [0.15, 0.2) is 23.1 Å². The maximum atomic E-state index is 13.2. The molecule has 204 valence electrons. The van der Waals surface area contributed by atoms with Crippen LogP contribution in [0.1, 0.15) is 37.8 Å². The topological polar surface area (TPSA) is 113 Å². The molecule has 1 N–H and O–H groups in total. The Kier molecular flexibility index (Phi) is 8.47. The highest BCUT2D eigenvalue weighted by molar-refractivity contribution is 7.99. The van der Waals surface area contributed by atoms with Crippen LogP contribution in [0.5, 0.6) is 5.75 Å².